The van der Waals surface area contributed by atoms with Crippen molar-refractivity contribution < 1.29 is 43.2 Å². The lowest BCUT2D eigenvalue weighted by Crippen LogP contribution is -2.51. The first-order chi connectivity index (χ1) is 13.9. The molecule has 0 aromatic heterocycles. The summed E-state index contributed by atoms with van der Waals surface area (Å²) in [6, 6.07) is -1.48. The van der Waals surface area contributed by atoms with E-state index in [1.54, 1.807) is 34.6 Å². The molecule has 0 aromatic carbocycles. The van der Waals surface area contributed by atoms with Crippen molar-refractivity contribution in [2.45, 2.75) is 46.3 Å². The number of amides is 2. The molecule has 0 saturated heterocycles. The third kappa shape index (κ3) is 13.1. The van der Waals surface area contributed by atoms with Crippen molar-refractivity contribution in [1.82, 2.24) is 10.2 Å². The highest BCUT2D eigenvalue weighted by molar-refractivity contribution is 7.47. The van der Waals surface area contributed by atoms with E-state index < -0.39 is 50.5 Å². The molecule has 172 valence electrons. The summed E-state index contributed by atoms with van der Waals surface area (Å²) in [6.45, 7) is 9.14. The van der Waals surface area contributed by atoms with Gasteiger partial charge in [0.25, 0.3) is 0 Å². The molecule has 2 amide bonds. The molecule has 0 rings (SSSR count). The van der Waals surface area contributed by atoms with E-state index in [9.17, 15) is 24.3 Å². The Hall–Kier alpha value is -2.23. The third-order valence-electron chi connectivity index (χ3n) is 3.15. The number of carbonyl (C=O) groups excluding carboxylic acids is 2. The van der Waals surface area contributed by atoms with Crippen LogP contribution < -0.4 is 5.32 Å². The molecule has 0 spiro atoms. The number of nitrogens with zero attached hydrogens (tertiary/aromatic N) is 1. The van der Waals surface area contributed by atoms with Gasteiger partial charge in [-0.1, -0.05) is 0 Å². The summed E-state index contributed by atoms with van der Waals surface area (Å²) in [5, 5.41) is 20.2. The molecule has 0 saturated carbocycles. The molecule has 0 radical (unpaired) electrons. The van der Waals surface area contributed by atoms with E-state index in [1.165, 1.54) is 0 Å². The number of aliphatic carboxylic acids is 2. The molecule has 0 fully saturated rings. The molecule has 1 atom stereocenters. The Kier molecular flexibility index (Phi) is 12.9. The van der Waals surface area contributed by atoms with Crippen LogP contribution in [-0.2, 0) is 28.2 Å². The van der Waals surface area contributed by atoms with Crippen LogP contribution in [0.25, 0.3) is 0 Å². The van der Waals surface area contributed by atoms with Gasteiger partial charge in [0.15, 0.2) is 8.38 Å². The standard InChI is InChI=1S/C18H31N2O9P/c1-6-27-30(28-7-2)11-10-20(17(26)29-18(3,4)5)12-13(16(24)25)19-14(21)8-9-15(22)23/h8-9,13H,6-7,10-12H2,1-5H3,(H,19,21)(H,22,23)(H,24,25)/b9-8-. The molecule has 30 heavy (non-hydrogen) atoms. The first-order valence-electron chi connectivity index (χ1n) is 9.35. The number of carboxylic acid groups (broad SMARTS) is 2. The van der Waals surface area contributed by atoms with Crippen LogP contribution in [0.1, 0.15) is 34.6 Å². The summed E-state index contributed by atoms with van der Waals surface area (Å²) in [5.74, 6) is -3.66. The van der Waals surface area contributed by atoms with Crippen LogP contribution in [0, 0.1) is 0 Å². The van der Waals surface area contributed by atoms with E-state index in [2.05, 4.69) is 5.32 Å². The van der Waals surface area contributed by atoms with Gasteiger partial charge in [0, 0.05) is 24.9 Å². The third-order valence-corrected chi connectivity index (χ3v) is 4.80. The Labute approximate surface area is 177 Å². The fourth-order valence-corrected chi connectivity index (χ4v) is 3.33. The van der Waals surface area contributed by atoms with E-state index in [0.29, 0.717) is 31.5 Å². The lowest BCUT2D eigenvalue weighted by molar-refractivity contribution is -0.141. The average molecular weight is 450 g/mol. The van der Waals surface area contributed by atoms with Crippen molar-refractivity contribution in [2.24, 2.45) is 0 Å². The fraction of sp³-hybridized carbons (Fsp3) is 0.667. The number of hydrogen-bond donors (Lipinski definition) is 3. The van der Waals surface area contributed by atoms with Gasteiger partial charge in [-0.05, 0) is 34.6 Å². The first kappa shape index (κ1) is 27.8. The molecule has 0 heterocycles. The minimum Gasteiger partial charge on any atom is -0.480 e. The lowest BCUT2D eigenvalue weighted by atomic mass is 10.2. The lowest BCUT2D eigenvalue weighted by Gasteiger charge is -2.30. The maximum Gasteiger partial charge on any atom is 0.410 e. The number of nitrogens with one attached hydrogen (secondary N) is 1. The van der Waals surface area contributed by atoms with Gasteiger partial charge < -0.3 is 34.2 Å². The van der Waals surface area contributed by atoms with Crippen LogP contribution in [0.2, 0.25) is 0 Å². The van der Waals surface area contributed by atoms with Crippen molar-refractivity contribution in [3.05, 3.63) is 12.2 Å². The SMILES string of the molecule is CCOP(CCN(CC(NC(=O)/C=C\C(=O)O)C(=O)O)C(=O)OC(C)(C)C)OCC. The van der Waals surface area contributed by atoms with Gasteiger partial charge in [-0.25, -0.2) is 14.4 Å². The zero-order valence-electron chi connectivity index (χ0n) is 17.9. The van der Waals surface area contributed by atoms with Gasteiger partial charge in [0.2, 0.25) is 5.91 Å². The Morgan fingerprint density at radius 2 is 1.63 bits per heavy atom. The summed E-state index contributed by atoms with van der Waals surface area (Å²) in [6.07, 6.45) is 0.832. The van der Waals surface area contributed by atoms with Crippen molar-refractivity contribution in [1.29, 1.82) is 0 Å². The topological polar surface area (TPSA) is 152 Å². The molecule has 3 N–H and O–H groups in total. The number of hydrogen-bond acceptors (Lipinski definition) is 7. The summed E-state index contributed by atoms with van der Waals surface area (Å²) < 4.78 is 16.3. The predicted octanol–water partition coefficient (Wildman–Crippen LogP) is 1.82. The summed E-state index contributed by atoms with van der Waals surface area (Å²) in [5.41, 5.74) is -0.813. The molecule has 0 aliphatic carbocycles. The maximum absolute atomic E-state index is 12.6. The van der Waals surface area contributed by atoms with Crippen LogP contribution in [0.5, 0.6) is 0 Å². The van der Waals surface area contributed by atoms with Crippen molar-refractivity contribution in [3.8, 4) is 0 Å². The van der Waals surface area contributed by atoms with Gasteiger partial charge >= 0.3 is 18.0 Å². The molecule has 1 unspecified atom stereocenters. The van der Waals surface area contributed by atoms with E-state index >= 15 is 0 Å². The Morgan fingerprint density at radius 1 is 1.07 bits per heavy atom. The molecule has 11 nitrogen and oxygen atoms in total. The smallest absolute Gasteiger partial charge is 0.410 e. The second-order valence-corrected chi connectivity index (χ2v) is 8.52. The van der Waals surface area contributed by atoms with Crippen LogP contribution >= 0.6 is 8.38 Å². The number of ether oxygens (including phenoxy) is 1. The summed E-state index contributed by atoms with van der Waals surface area (Å²) in [4.78, 5) is 47.6. The number of carbonyl (C=O) groups is 4. The van der Waals surface area contributed by atoms with Crippen molar-refractivity contribution in [2.75, 3.05) is 32.5 Å². The molecule has 0 aliphatic heterocycles. The largest absolute Gasteiger partial charge is 0.480 e. The highest BCUT2D eigenvalue weighted by atomic mass is 31.2. The summed E-state index contributed by atoms with van der Waals surface area (Å²) in [7, 11) is -1.28. The van der Waals surface area contributed by atoms with Gasteiger partial charge in [-0.3, -0.25) is 4.79 Å². The molecule has 0 bridgehead atoms. The van der Waals surface area contributed by atoms with Gasteiger partial charge in [0.05, 0.1) is 19.8 Å². The average Bonchev–Trinajstić information content (AvgIpc) is 2.60. The first-order valence-corrected chi connectivity index (χ1v) is 10.7. The van der Waals surface area contributed by atoms with Crippen LogP contribution in [0.3, 0.4) is 0 Å². The normalized spacial score (nSPS) is 12.6. The van der Waals surface area contributed by atoms with Crippen molar-refractivity contribution >= 4 is 32.3 Å². The second kappa shape index (κ2) is 13.9. The monoisotopic (exact) mass is 450 g/mol. The van der Waals surface area contributed by atoms with Crippen LogP contribution in [0.15, 0.2) is 12.2 Å². The number of rotatable bonds is 13. The highest BCUT2D eigenvalue weighted by Gasteiger charge is 2.29. The molecule has 0 aromatic rings. The zero-order chi connectivity index (χ0) is 23.3. The van der Waals surface area contributed by atoms with Gasteiger partial charge in [-0.2, -0.15) is 0 Å². The molecule has 0 aliphatic rings. The minimum absolute atomic E-state index is 0.0746. The van der Waals surface area contributed by atoms with E-state index in [1.807, 2.05) is 0 Å². The summed E-state index contributed by atoms with van der Waals surface area (Å²) >= 11 is 0. The Morgan fingerprint density at radius 3 is 2.07 bits per heavy atom. The van der Waals surface area contributed by atoms with E-state index in [-0.39, 0.29) is 6.54 Å². The van der Waals surface area contributed by atoms with Gasteiger partial charge in [-0.15, -0.1) is 0 Å². The Bertz CT molecular complexity index is 613. The van der Waals surface area contributed by atoms with Gasteiger partial charge in [0.1, 0.15) is 11.6 Å². The van der Waals surface area contributed by atoms with Crippen LogP contribution in [-0.4, -0.2) is 83.2 Å². The Balaban J connectivity index is 5.37. The fourth-order valence-electron chi connectivity index (χ4n) is 2.01. The number of carboxylic acids is 2. The molecular formula is C18H31N2O9P. The second-order valence-electron chi connectivity index (χ2n) is 6.89. The van der Waals surface area contributed by atoms with E-state index in [0.717, 1.165) is 4.90 Å². The van der Waals surface area contributed by atoms with E-state index in [4.69, 9.17) is 18.9 Å². The zero-order valence-corrected chi connectivity index (χ0v) is 18.8. The molecular weight excluding hydrogens is 419 g/mol. The van der Waals surface area contributed by atoms with Crippen LogP contribution in [0.4, 0.5) is 4.79 Å². The minimum atomic E-state index is -1.48. The quantitative estimate of drug-likeness (QED) is 0.282. The van der Waals surface area contributed by atoms with Crippen molar-refractivity contribution in [3.63, 3.8) is 0 Å². The predicted molar refractivity (Wildman–Crippen MR) is 109 cm³/mol. The highest BCUT2D eigenvalue weighted by Crippen LogP contribution is 2.37. The molecule has 12 heteroatoms. The maximum atomic E-state index is 12.6.